The molecule has 0 radical (unpaired) electrons. The minimum atomic E-state index is -0.0978. The van der Waals surface area contributed by atoms with E-state index in [2.05, 4.69) is 10.3 Å². The van der Waals surface area contributed by atoms with Crippen molar-refractivity contribution in [2.24, 2.45) is 0 Å². The van der Waals surface area contributed by atoms with E-state index in [0.29, 0.717) is 31.0 Å². The Bertz CT molecular complexity index is 1170. The number of hydrogen-bond donors (Lipinski definition) is 2. The first-order valence-corrected chi connectivity index (χ1v) is 10.5. The molecule has 0 aliphatic rings. The van der Waals surface area contributed by atoms with Crippen LogP contribution in [-0.4, -0.2) is 17.5 Å². The van der Waals surface area contributed by atoms with Crippen LogP contribution >= 0.6 is 0 Å². The molecule has 0 fully saturated rings. The first-order valence-electron chi connectivity index (χ1n) is 10.5. The van der Waals surface area contributed by atoms with Crippen molar-refractivity contribution < 1.29 is 9.53 Å². The molecule has 0 saturated heterocycles. The minimum Gasteiger partial charge on any atom is -0.493 e. The fourth-order valence-corrected chi connectivity index (χ4v) is 3.44. The Morgan fingerprint density at radius 2 is 1.59 bits per heavy atom. The lowest BCUT2D eigenvalue weighted by atomic mass is 9.99. The average Bonchev–Trinajstić information content (AvgIpc) is 2.84. The molecule has 4 rings (SSSR count). The third-order valence-corrected chi connectivity index (χ3v) is 5.09. The lowest BCUT2D eigenvalue weighted by Gasteiger charge is -2.11. The lowest BCUT2D eigenvalue weighted by Crippen LogP contribution is -2.23. The number of anilines is 1. The summed E-state index contributed by atoms with van der Waals surface area (Å²) < 4.78 is 5.80. The van der Waals surface area contributed by atoms with Crippen molar-refractivity contribution >= 4 is 11.7 Å². The van der Waals surface area contributed by atoms with Gasteiger partial charge in [-0.15, -0.1) is 0 Å². The highest BCUT2D eigenvalue weighted by Gasteiger charge is 2.12. The minimum absolute atomic E-state index is 0.0978. The molecule has 1 heterocycles. The van der Waals surface area contributed by atoms with Crippen molar-refractivity contribution in [2.75, 3.05) is 12.3 Å². The SMILES string of the molecule is Nc1cccc(CCOc2ccc(CNC(=O)c3ccccc3-c3ccccc3)cc2)n1. The van der Waals surface area contributed by atoms with E-state index < -0.39 is 0 Å². The maximum Gasteiger partial charge on any atom is 0.252 e. The molecule has 4 aromatic rings. The van der Waals surface area contributed by atoms with Gasteiger partial charge in [-0.2, -0.15) is 0 Å². The molecule has 0 aliphatic heterocycles. The summed E-state index contributed by atoms with van der Waals surface area (Å²) in [5, 5.41) is 3.01. The highest BCUT2D eigenvalue weighted by molar-refractivity contribution is 6.00. The van der Waals surface area contributed by atoms with Gasteiger partial charge < -0.3 is 15.8 Å². The van der Waals surface area contributed by atoms with Gasteiger partial charge in [-0.3, -0.25) is 4.79 Å². The molecule has 1 amide bonds. The fraction of sp³-hybridized carbons (Fsp3) is 0.111. The molecule has 0 aliphatic carbocycles. The molecule has 0 saturated carbocycles. The molecule has 0 bridgehead atoms. The number of rotatable bonds is 8. The molecule has 0 atom stereocenters. The maximum absolute atomic E-state index is 12.8. The Morgan fingerprint density at radius 3 is 2.38 bits per heavy atom. The van der Waals surface area contributed by atoms with E-state index >= 15 is 0 Å². The van der Waals surface area contributed by atoms with Crippen molar-refractivity contribution in [2.45, 2.75) is 13.0 Å². The Labute approximate surface area is 187 Å². The summed E-state index contributed by atoms with van der Waals surface area (Å²) in [5.41, 5.74) is 10.2. The molecule has 5 heteroatoms. The molecule has 3 aromatic carbocycles. The van der Waals surface area contributed by atoms with Gasteiger partial charge in [0.2, 0.25) is 0 Å². The van der Waals surface area contributed by atoms with Crippen LogP contribution in [0.3, 0.4) is 0 Å². The summed E-state index contributed by atoms with van der Waals surface area (Å²) in [4.78, 5) is 17.1. The second-order valence-corrected chi connectivity index (χ2v) is 7.39. The van der Waals surface area contributed by atoms with E-state index in [1.54, 1.807) is 6.07 Å². The van der Waals surface area contributed by atoms with Crippen molar-refractivity contribution in [3.63, 3.8) is 0 Å². The molecule has 32 heavy (non-hydrogen) atoms. The third kappa shape index (κ3) is 5.52. The number of carbonyl (C=O) groups is 1. The van der Waals surface area contributed by atoms with Gasteiger partial charge in [-0.05, 0) is 47.0 Å². The predicted molar refractivity (Wildman–Crippen MR) is 127 cm³/mol. The average molecular weight is 424 g/mol. The summed E-state index contributed by atoms with van der Waals surface area (Å²) in [5.74, 6) is 1.19. The fourth-order valence-electron chi connectivity index (χ4n) is 3.44. The van der Waals surface area contributed by atoms with Gasteiger partial charge in [-0.1, -0.05) is 66.7 Å². The number of nitrogen functional groups attached to an aromatic ring is 1. The smallest absolute Gasteiger partial charge is 0.252 e. The number of carbonyl (C=O) groups excluding carboxylic acids is 1. The number of benzene rings is 3. The van der Waals surface area contributed by atoms with Gasteiger partial charge in [0.1, 0.15) is 11.6 Å². The zero-order valence-electron chi connectivity index (χ0n) is 17.7. The molecule has 1 aromatic heterocycles. The quantitative estimate of drug-likeness (QED) is 0.423. The Balaban J connectivity index is 1.31. The van der Waals surface area contributed by atoms with Gasteiger partial charge in [0, 0.05) is 24.2 Å². The summed E-state index contributed by atoms with van der Waals surface area (Å²) in [6, 6.07) is 30.9. The number of hydrogen-bond acceptors (Lipinski definition) is 4. The number of pyridine rings is 1. The second-order valence-electron chi connectivity index (χ2n) is 7.39. The van der Waals surface area contributed by atoms with Crippen molar-refractivity contribution in [1.29, 1.82) is 0 Å². The molecule has 160 valence electrons. The zero-order valence-corrected chi connectivity index (χ0v) is 17.7. The normalized spacial score (nSPS) is 10.5. The molecule has 0 spiro atoms. The standard InChI is InChI=1S/C27H25N3O2/c28-26-12-6-9-22(30-26)17-18-32-23-15-13-20(14-16-23)19-29-27(31)25-11-5-4-10-24(25)21-7-2-1-3-8-21/h1-16H,17-19H2,(H2,28,30)(H,29,31). The van der Waals surface area contributed by atoms with E-state index in [1.807, 2.05) is 91.0 Å². The van der Waals surface area contributed by atoms with E-state index in [4.69, 9.17) is 10.5 Å². The highest BCUT2D eigenvalue weighted by Crippen LogP contribution is 2.23. The van der Waals surface area contributed by atoms with Crippen LogP contribution in [0.5, 0.6) is 5.75 Å². The first-order chi connectivity index (χ1) is 15.7. The van der Waals surface area contributed by atoms with Crippen LogP contribution in [0.2, 0.25) is 0 Å². The number of nitrogens with zero attached hydrogens (tertiary/aromatic N) is 1. The van der Waals surface area contributed by atoms with Gasteiger partial charge in [0.05, 0.1) is 6.61 Å². The summed E-state index contributed by atoms with van der Waals surface area (Å²) in [7, 11) is 0. The Hall–Kier alpha value is -4.12. The predicted octanol–water partition coefficient (Wildman–Crippen LogP) is 4.88. The molecule has 5 nitrogen and oxygen atoms in total. The Kier molecular flexibility index (Phi) is 6.78. The number of aromatic nitrogens is 1. The summed E-state index contributed by atoms with van der Waals surface area (Å²) in [6.07, 6.45) is 0.684. The molecule has 0 unspecified atom stereocenters. The van der Waals surface area contributed by atoms with Crippen LogP contribution in [0, 0.1) is 0 Å². The number of ether oxygens (including phenoxy) is 1. The first kappa shape index (κ1) is 21.1. The van der Waals surface area contributed by atoms with Gasteiger partial charge in [0.25, 0.3) is 5.91 Å². The van der Waals surface area contributed by atoms with Crippen LogP contribution in [-0.2, 0) is 13.0 Å². The molecule has 3 N–H and O–H groups in total. The monoisotopic (exact) mass is 423 g/mol. The van der Waals surface area contributed by atoms with Gasteiger partial charge >= 0.3 is 0 Å². The van der Waals surface area contributed by atoms with Crippen molar-refractivity contribution in [3.8, 4) is 16.9 Å². The number of amides is 1. The lowest BCUT2D eigenvalue weighted by molar-refractivity contribution is 0.0951. The zero-order chi connectivity index (χ0) is 22.2. The van der Waals surface area contributed by atoms with E-state index in [9.17, 15) is 4.79 Å². The van der Waals surface area contributed by atoms with Crippen molar-refractivity contribution in [1.82, 2.24) is 10.3 Å². The van der Waals surface area contributed by atoms with Gasteiger partial charge in [0.15, 0.2) is 0 Å². The Morgan fingerprint density at radius 1 is 0.844 bits per heavy atom. The van der Waals surface area contributed by atoms with Crippen LogP contribution in [0.4, 0.5) is 5.82 Å². The van der Waals surface area contributed by atoms with E-state index in [1.165, 1.54) is 0 Å². The highest BCUT2D eigenvalue weighted by atomic mass is 16.5. The van der Waals surface area contributed by atoms with Crippen LogP contribution in [0.15, 0.2) is 97.1 Å². The van der Waals surface area contributed by atoms with Crippen molar-refractivity contribution in [3.05, 3.63) is 114 Å². The topological polar surface area (TPSA) is 77.2 Å². The third-order valence-electron chi connectivity index (χ3n) is 5.09. The number of nitrogens with two attached hydrogens (primary N) is 1. The van der Waals surface area contributed by atoms with Crippen LogP contribution in [0.1, 0.15) is 21.6 Å². The number of nitrogens with one attached hydrogen (secondary N) is 1. The second kappa shape index (κ2) is 10.3. The van der Waals surface area contributed by atoms with Gasteiger partial charge in [-0.25, -0.2) is 4.98 Å². The molecular formula is C27H25N3O2. The van der Waals surface area contributed by atoms with Crippen LogP contribution < -0.4 is 15.8 Å². The largest absolute Gasteiger partial charge is 0.493 e. The summed E-state index contributed by atoms with van der Waals surface area (Å²) in [6.45, 7) is 0.957. The van der Waals surface area contributed by atoms with Crippen LogP contribution in [0.25, 0.3) is 11.1 Å². The maximum atomic E-state index is 12.8. The van der Waals surface area contributed by atoms with E-state index in [0.717, 1.165) is 28.1 Å². The summed E-state index contributed by atoms with van der Waals surface area (Å²) >= 11 is 0. The van der Waals surface area contributed by atoms with E-state index in [-0.39, 0.29) is 5.91 Å². The molecular weight excluding hydrogens is 398 g/mol.